The van der Waals surface area contributed by atoms with E-state index in [1.54, 1.807) is 28.9 Å². The van der Waals surface area contributed by atoms with Crippen LogP contribution in [0.4, 0.5) is 17.1 Å². The Kier molecular flexibility index (Phi) is 12.0. The third kappa shape index (κ3) is 8.65. The third-order valence-electron chi connectivity index (χ3n) is 10.8. The number of anilines is 2. The highest BCUT2D eigenvalue weighted by atomic mass is 32.2. The molecule has 0 radical (unpaired) electrons. The largest absolute Gasteiger partial charge is 0.480 e. The zero-order chi connectivity index (χ0) is 40.2. The molecule has 0 spiro atoms. The van der Waals surface area contributed by atoms with Gasteiger partial charge in [0.25, 0.3) is 11.8 Å². The van der Waals surface area contributed by atoms with Crippen LogP contribution in [0, 0.1) is 13.8 Å². The molecule has 0 bridgehead atoms. The van der Waals surface area contributed by atoms with Crippen molar-refractivity contribution in [3.05, 3.63) is 113 Å². The van der Waals surface area contributed by atoms with Gasteiger partial charge in [-0.3, -0.25) is 15.0 Å². The highest BCUT2D eigenvalue weighted by molar-refractivity contribution is 8.01. The quantitative estimate of drug-likeness (QED) is 0.114. The molecule has 1 fully saturated rings. The summed E-state index contributed by atoms with van der Waals surface area (Å²) in [6.45, 7) is 19.3. The average Bonchev–Trinajstić information content (AvgIpc) is 3.79. The molecule has 4 aromatic carbocycles. The summed E-state index contributed by atoms with van der Waals surface area (Å²) in [5.74, 6) is 0.694. The van der Waals surface area contributed by atoms with E-state index in [0.29, 0.717) is 28.8 Å². The minimum atomic E-state index is -0.768. The minimum Gasteiger partial charge on any atom is -0.480 e. The number of nitrogens with zero attached hydrogens (tertiary/aromatic N) is 6. The number of nitrogens with one attached hydrogen (secondary N) is 2. The van der Waals surface area contributed by atoms with Crippen LogP contribution in [0.1, 0.15) is 90.0 Å². The summed E-state index contributed by atoms with van der Waals surface area (Å²) in [4.78, 5) is 32.8. The molecule has 292 valence electrons. The summed E-state index contributed by atoms with van der Waals surface area (Å²) in [5, 5.41) is 16.5. The van der Waals surface area contributed by atoms with E-state index >= 15 is 0 Å². The maximum atomic E-state index is 14.2. The number of amidine groups is 1. The van der Waals surface area contributed by atoms with Gasteiger partial charge in [0.15, 0.2) is 11.4 Å². The zero-order valence-corrected chi connectivity index (χ0v) is 34.6. The number of aryl methyl sites for hydroxylation is 2. The molecule has 1 aromatic heterocycles. The van der Waals surface area contributed by atoms with Crippen LogP contribution in [0.25, 0.3) is 5.69 Å². The SMILES string of the molecule is CCC(Oc1ccc(C(C)(C)CC)cc1C(C)(C)CC)C(=O)Nc1ccc(N2NC(=Nc3ccc(C)cc3C)C(Sc3nnnn3-c3ccccc3)C2=O)cc1. The monoisotopic (exact) mass is 772 g/mol. The van der Waals surface area contributed by atoms with Crippen LogP contribution in [0.3, 0.4) is 0 Å². The lowest BCUT2D eigenvalue weighted by molar-refractivity contribution is -0.123. The number of thioether (sulfide) groups is 1. The number of hydrogen-bond acceptors (Lipinski definition) is 8. The molecule has 2 atom stereocenters. The van der Waals surface area contributed by atoms with E-state index in [1.165, 1.54) is 22.3 Å². The molecule has 12 heteroatoms. The number of aliphatic imine (C=N–C) groups is 1. The molecular weight excluding hydrogens is 721 g/mol. The third-order valence-corrected chi connectivity index (χ3v) is 11.9. The van der Waals surface area contributed by atoms with Crippen LogP contribution in [-0.4, -0.2) is 49.2 Å². The number of hydrogen-bond donors (Lipinski definition) is 2. The van der Waals surface area contributed by atoms with Crippen molar-refractivity contribution < 1.29 is 14.3 Å². The van der Waals surface area contributed by atoms with Gasteiger partial charge in [-0.15, -0.1) is 5.10 Å². The molecule has 2 N–H and O–H groups in total. The van der Waals surface area contributed by atoms with Crippen molar-refractivity contribution in [3.63, 3.8) is 0 Å². The predicted octanol–water partition coefficient (Wildman–Crippen LogP) is 9.19. The number of carbonyl (C=O) groups is 2. The fraction of sp³-hybridized carbons (Fsp3) is 0.364. The van der Waals surface area contributed by atoms with Gasteiger partial charge in [-0.05, 0) is 114 Å². The summed E-state index contributed by atoms with van der Waals surface area (Å²) in [6, 6.07) is 29.0. The highest BCUT2D eigenvalue weighted by Crippen LogP contribution is 2.39. The Hall–Kier alpha value is -5.49. The number of benzene rings is 4. The Labute approximate surface area is 334 Å². The first-order valence-electron chi connectivity index (χ1n) is 19.2. The Morgan fingerprint density at radius 1 is 0.911 bits per heavy atom. The lowest BCUT2D eigenvalue weighted by Gasteiger charge is -2.31. The second-order valence-electron chi connectivity index (χ2n) is 15.5. The fourth-order valence-corrected chi connectivity index (χ4v) is 7.32. The first-order valence-corrected chi connectivity index (χ1v) is 20.1. The molecule has 56 heavy (non-hydrogen) atoms. The van der Waals surface area contributed by atoms with Crippen molar-refractivity contribution in [2.45, 2.75) is 109 Å². The van der Waals surface area contributed by atoms with Crippen molar-refractivity contribution in [3.8, 4) is 11.4 Å². The smallest absolute Gasteiger partial charge is 0.267 e. The van der Waals surface area contributed by atoms with E-state index < -0.39 is 11.4 Å². The number of para-hydroxylation sites is 1. The maximum absolute atomic E-state index is 14.2. The summed E-state index contributed by atoms with van der Waals surface area (Å²) in [5.41, 5.74) is 10.3. The van der Waals surface area contributed by atoms with E-state index in [1.807, 2.05) is 69.3 Å². The summed E-state index contributed by atoms with van der Waals surface area (Å²) < 4.78 is 8.10. The van der Waals surface area contributed by atoms with Crippen LogP contribution in [0.5, 0.6) is 5.75 Å². The van der Waals surface area contributed by atoms with Crippen molar-refractivity contribution in [2.75, 3.05) is 10.3 Å². The average molecular weight is 773 g/mol. The molecule has 1 aliphatic rings. The van der Waals surface area contributed by atoms with E-state index in [9.17, 15) is 9.59 Å². The van der Waals surface area contributed by atoms with E-state index in [4.69, 9.17) is 9.73 Å². The van der Waals surface area contributed by atoms with Crippen molar-refractivity contribution in [2.24, 2.45) is 4.99 Å². The predicted molar refractivity (Wildman–Crippen MR) is 225 cm³/mol. The number of aromatic nitrogens is 4. The number of rotatable bonds is 14. The molecule has 1 aliphatic heterocycles. The second-order valence-corrected chi connectivity index (χ2v) is 16.6. The van der Waals surface area contributed by atoms with Crippen LogP contribution < -0.4 is 20.5 Å². The van der Waals surface area contributed by atoms with Crippen LogP contribution in [0.2, 0.25) is 0 Å². The van der Waals surface area contributed by atoms with Crippen molar-refractivity contribution in [1.82, 2.24) is 25.6 Å². The molecule has 1 saturated heterocycles. The van der Waals surface area contributed by atoms with Crippen molar-refractivity contribution >= 4 is 46.5 Å². The molecule has 2 unspecified atom stereocenters. The molecule has 2 amide bonds. The number of tetrazole rings is 1. The first-order chi connectivity index (χ1) is 26.7. The Balaban J connectivity index is 1.22. The van der Waals surface area contributed by atoms with Gasteiger partial charge in [0.2, 0.25) is 5.16 Å². The first kappa shape index (κ1) is 40.2. The molecule has 6 rings (SSSR count). The minimum absolute atomic E-state index is 0.0228. The lowest BCUT2D eigenvalue weighted by Crippen LogP contribution is -2.36. The number of amides is 2. The van der Waals surface area contributed by atoms with Crippen molar-refractivity contribution in [1.29, 1.82) is 0 Å². The van der Waals surface area contributed by atoms with E-state index in [2.05, 4.69) is 86.0 Å². The lowest BCUT2D eigenvalue weighted by atomic mass is 9.76. The molecule has 11 nitrogen and oxygen atoms in total. The van der Waals surface area contributed by atoms with Crippen LogP contribution in [0.15, 0.2) is 101 Å². The number of hydrazine groups is 1. The standard InChI is InChI=1S/C44H52N8O3S/c1-10-36(55-37-25-19-30(43(6,7)11-2)27-34(37)44(8,9)12-3)40(53)45-31-20-22-33(23-21-31)51-41(54)38(39(48-51)46-35-24-18-28(4)26-29(35)5)56-42-47-49-50-52(42)32-16-14-13-15-17-32/h13-27,36,38H,10-12H2,1-9H3,(H,45,53)(H,46,48). The fourth-order valence-electron chi connectivity index (χ4n) is 6.36. The number of ether oxygens (including phenoxy) is 1. The maximum Gasteiger partial charge on any atom is 0.267 e. The zero-order valence-electron chi connectivity index (χ0n) is 33.8. The summed E-state index contributed by atoms with van der Waals surface area (Å²) >= 11 is 1.22. The highest BCUT2D eigenvalue weighted by Gasteiger charge is 2.41. The normalized spacial score (nSPS) is 15.9. The molecule has 0 saturated carbocycles. The van der Waals surface area contributed by atoms with Gasteiger partial charge in [-0.25, -0.2) is 10.0 Å². The van der Waals surface area contributed by atoms with E-state index in [-0.39, 0.29) is 22.6 Å². The molecule has 0 aliphatic carbocycles. The van der Waals surface area contributed by atoms with Gasteiger partial charge >= 0.3 is 0 Å². The molecular formula is C44H52N8O3S. The Morgan fingerprint density at radius 2 is 1.62 bits per heavy atom. The topological polar surface area (TPSA) is 127 Å². The van der Waals surface area contributed by atoms with Gasteiger partial charge in [0.1, 0.15) is 11.6 Å². The van der Waals surface area contributed by atoms with Crippen LogP contribution in [-0.2, 0) is 20.4 Å². The molecule has 5 aromatic rings. The van der Waals surface area contributed by atoms with Gasteiger partial charge in [-0.1, -0.05) is 108 Å². The van der Waals surface area contributed by atoms with Gasteiger partial charge in [0, 0.05) is 11.3 Å². The van der Waals surface area contributed by atoms with Gasteiger partial charge in [-0.2, -0.15) is 4.68 Å². The van der Waals surface area contributed by atoms with E-state index in [0.717, 1.165) is 46.7 Å². The second kappa shape index (κ2) is 16.7. The summed E-state index contributed by atoms with van der Waals surface area (Å²) in [6.07, 6.45) is 1.72. The summed E-state index contributed by atoms with van der Waals surface area (Å²) in [7, 11) is 0. The van der Waals surface area contributed by atoms with Gasteiger partial charge in [0.05, 0.1) is 17.1 Å². The van der Waals surface area contributed by atoms with Crippen LogP contribution >= 0.6 is 11.8 Å². The van der Waals surface area contributed by atoms with Gasteiger partial charge < -0.3 is 10.1 Å². The Morgan fingerprint density at radius 3 is 2.29 bits per heavy atom. The number of carbonyl (C=O) groups excluding carboxylic acids is 2. The Bertz CT molecular complexity index is 2220. The molecule has 2 heterocycles.